The van der Waals surface area contributed by atoms with Crippen molar-refractivity contribution in [2.75, 3.05) is 0 Å². The molecular weight excluding hydrogens is 226 g/mol. The number of hydrogen-bond acceptors (Lipinski definition) is 5. The average molecular weight is 235 g/mol. The smallest absolute Gasteiger partial charge is 0.231 e. The van der Waals surface area contributed by atoms with Crippen molar-refractivity contribution >= 4 is 23.4 Å². The lowest BCUT2D eigenvalue weighted by Gasteiger charge is -1.93. The van der Waals surface area contributed by atoms with Crippen LogP contribution in [0.1, 0.15) is 36.6 Å². The molecular formula is C11H9NO3S. The second kappa shape index (κ2) is 4.02. The fourth-order valence-electron chi connectivity index (χ4n) is 1.39. The third kappa shape index (κ3) is 1.81. The highest BCUT2D eigenvalue weighted by molar-refractivity contribution is 7.14. The Kier molecular flexibility index (Phi) is 2.70. The SMILES string of the molecule is Cc1ncc(C(=O)c2cc(C=O)sc2C)o1. The van der Waals surface area contributed by atoms with Crippen LogP contribution in [0.4, 0.5) is 0 Å². The summed E-state index contributed by atoms with van der Waals surface area (Å²) in [5.74, 6) is 0.421. The summed E-state index contributed by atoms with van der Waals surface area (Å²) in [5.41, 5.74) is 0.503. The number of oxazole rings is 1. The lowest BCUT2D eigenvalue weighted by molar-refractivity contribution is 0.101. The Labute approximate surface area is 95.9 Å². The minimum Gasteiger partial charge on any atom is -0.438 e. The molecule has 16 heavy (non-hydrogen) atoms. The van der Waals surface area contributed by atoms with Gasteiger partial charge in [-0.25, -0.2) is 4.98 Å². The molecule has 2 heterocycles. The largest absolute Gasteiger partial charge is 0.438 e. The number of aldehydes is 1. The van der Waals surface area contributed by atoms with Crippen LogP contribution in [-0.4, -0.2) is 17.1 Å². The topological polar surface area (TPSA) is 60.2 Å². The number of carbonyl (C=O) groups is 2. The molecule has 0 atom stereocenters. The maximum atomic E-state index is 12.0. The zero-order valence-corrected chi connectivity index (χ0v) is 9.63. The summed E-state index contributed by atoms with van der Waals surface area (Å²) < 4.78 is 5.15. The molecule has 0 aliphatic rings. The zero-order valence-electron chi connectivity index (χ0n) is 8.81. The van der Waals surface area contributed by atoms with Gasteiger partial charge in [-0.15, -0.1) is 11.3 Å². The molecule has 0 saturated carbocycles. The van der Waals surface area contributed by atoms with Crippen LogP contribution >= 0.6 is 11.3 Å². The Balaban J connectivity index is 2.40. The van der Waals surface area contributed by atoms with Crippen molar-refractivity contribution in [2.45, 2.75) is 13.8 Å². The van der Waals surface area contributed by atoms with Gasteiger partial charge in [0, 0.05) is 17.4 Å². The number of aryl methyl sites for hydroxylation is 2. The lowest BCUT2D eigenvalue weighted by Crippen LogP contribution is -1.99. The van der Waals surface area contributed by atoms with E-state index >= 15 is 0 Å². The number of thiophene rings is 1. The maximum absolute atomic E-state index is 12.0. The van der Waals surface area contributed by atoms with Gasteiger partial charge in [-0.1, -0.05) is 0 Å². The Morgan fingerprint density at radius 2 is 2.25 bits per heavy atom. The summed E-state index contributed by atoms with van der Waals surface area (Å²) in [5, 5.41) is 0. The van der Waals surface area contributed by atoms with E-state index in [9.17, 15) is 9.59 Å². The third-order valence-corrected chi connectivity index (χ3v) is 3.12. The van der Waals surface area contributed by atoms with Gasteiger partial charge in [0.15, 0.2) is 17.9 Å². The van der Waals surface area contributed by atoms with E-state index in [1.54, 1.807) is 19.9 Å². The minimum absolute atomic E-state index is 0.204. The summed E-state index contributed by atoms with van der Waals surface area (Å²) in [6, 6.07) is 1.58. The van der Waals surface area contributed by atoms with Crippen LogP contribution in [0.5, 0.6) is 0 Å². The highest BCUT2D eigenvalue weighted by Gasteiger charge is 2.18. The first kappa shape index (κ1) is 10.8. The van der Waals surface area contributed by atoms with Crippen molar-refractivity contribution in [1.82, 2.24) is 4.98 Å². The molecule has 0 bridgehead atoms. The molecule has 0 saturated heterocycles. The van der Waals surface area contributed by atoms with E-state index < -0.39 is 0 Å². The molecule has 0 amide bonds. The van der Waals surface area contributed by atoms with Gasteiger partial charge in [-0.3, -0.25) is 9.59 Å². The first-order valence-corrected chi connectivity index (χ1v) is 5.46. The average Bonchev–Trinajstić information content (AvgIpc) is 2.83. The van der Waals surface area contributed by atoms with E-state index in [0.29, 0.717) is 16.3 Å². The van der Waals surface area contributed by atoms with E-state index in [1.165, 1.54) is 17.5 Å². The van der Waals surface area contributed by atoms with Crippen molar-refractivity contribution < 1.29 is 14.0 Å². The molecule has 2 rings (SSSR count). The van der Waals surface area contributed by atoms with Crippen molar-refractivity contribution in [2.24, 2.45) is 0 Å². The van der Waals surface area contributed by atoms with Crippen molar-refractivity contribution in [3.63, 3.8) is 0 Å². The van der Waals surface area contributed by atoms with Gasteiger partial charge in [0.1, 0.15) is 0 Å². The number of nitrogens with zero attached hydrogens (tertiary/aromatic N) is 1. The number of ketones is 1. The number of aromatic nitrogens is 1. The predicted molar refractivity (Wildman–Crippen MR) is 59.1 cm³/mol. The van der Waals surface area contributed by atoms with E-state index in [-0.39, 0.29) is 11.5 Å². The van der Waals surface area contributed by atoms with Crippen molar-refractivity contribution in [3.05, 3.63) is 39.2 Å². The van der Waals surface area contributed by atoms with Gasteiger partial charge in [-0.05, 0) is 13.0 Å². The molecule has 0 N–H and O–H groups in total. The van der Waals surface area contributed by atoms with E-state index in [1.807, 2.05) is 0 Å². The van der Waals surface area contributed by atoms with Gasteiger partial charge in [-0.2, -0.15) is 0 Å². The Hall–Kier alpha value is -1.75. The van der Waals surface area contributed by atoms with Gasteiger partial charge < -0.3 is 4.42 Å². The Morgan fingerprint density at radius 3 is 2.75 bits per heavy atom. The van der Waals surface area contributed by atoms with Crippen LogP contribution in [0.2, 0.25) is 0 Å². The molecule has 2 aromatic rings. The summed E-state index contributed by atoms with van der Waals surface area (Å²) in [6.45, 7) is 3.47. The number of carbonyl (C=O) groups excluding carboxylic acids is 2. The normalized spacial score (nSPS) is 10.4. The first-order valence-electron chi connectivity index (χ1n) is 4.64. The molecule has 82 valence electrons. The fraction of sp³-hybridized carbons (Fsp3) is 0.182. The summed E-state index contributed by atoms with van der Waals surface area (Å²) in [4.78, 5) is 27.8. The molecule has 0 radical (unpaired) electrons. The van der Waals surface area contributed by atoms with Gasteiger partial charge in [0.2, 0.25) is 5.78 Å². The van der Waals surface area contributed by atoms with Crippen molar-refractivity contribution in [3.8, 4) is 0 Å². The second-order valence-electron chi connectivity index (χ2n) is 3.31. The van der Waals surface area contributed by atoms with Crippen LogP contribution in [-0.2, 0) is 0 Å². The zero-order chi connectivity index (χ0) is 11.7. The van der Waals surface area contributed by atoms with Crippen molar-refractivity contribution in [1.29, 1.82) is 0 Å². The van der Waals surface area contributed by atoms with Crippen LogP contribution in [0.25, 0.3) is 0 Å². The first-order chi connectivity index (χ1) is 7.61. The molecule has 0 unspecified atom stereocenters. The van der Waals surface area contributed by atoms with Crippen LogP contribution in [0, 0.1) is 13.8 Å². The van der Waals surface area contributed by atoms with Gasteiger partial charge in [0.05, 0.1) is 11.1 Å². The molecule has 2 aromatic heterocycles. The highest BCUT2D eigenvalue weighted by Crippen LogP contribution is 2.23. The monoisotopic (exact) mass is 235 g/mol. The number of hydrogen-bond donors (Lipinski definition) is 0. The summed E-state index contributed by atoms with van der Waals surface area (Å²) in [6.07, 6.45) is 2.13. The molecule has 0 aliphatic heterocycles. The molecule has 4 nitrogen and oxygen atoms in total. The summed E-state index contributed by atoms with van der Waals surface area (Å²) >= 11 is 1.29. The molecule has 0 aromatic carbocycles. The third-order valence-electron chi connectivity index (χ3n) is 2.14. The standard InChI is InChI=1S/C11H9NO3S/c1-6-9(3-8(5-13)16-6)11(14)10-4-12-7(2)15-10/h3-5H,1-2H3. The maximum Gasteiger partial charge on any atom is 0.231 e. The fourth-order valence-corrected chi connectivity index (χ4v) is 2.23. The van der Waals surface area contributed by atoms with Crippen LogP contribution < -0.4 is 0 Å². The molecule has 0 fully saturated rings. The summed E-state index contributed by atoms with van der Waals surface area (Å²) in [7, 11) is 0. The van der Waals surface area contributed by atoms with Crippen LogP contribution in [0.15, 0.2) is 16.7 Å². The second-order valence-corrected chi connectivity index (χ2v) is 4.60. The van der Waals surface area contributed by atoms with Crippen LogP contribution in [0.3, 0.4) is 0 Å². The van der Waals surface area contributed by atoms with E-state index in [4.69, 9.17) is 4.42 Å². The Bertz CT molecular complexity index is 553. The van der Waals surface area contributed by atoms with E-state index in [0.717, 1.165) is 11.2 Å². The quantitative estimate of drug-likeness (QED) is 0.605. The molecule has 0 spiro atoms. The highest BCUT2D eigenvalue weighted by atomic mass is 32.1. The van der Waals surface area contributed by atoms with E-state index in [2.05, 4.69) is 4.98 Å². The lowest BCUT2D eigenvalue weighted by atomic mass is 10.1. The molecule has 0 aliphatic carbocycles. The van der Waals surface area contributed by atoms with Gasteiger partial charge in [0.25, 0.3) is 0 Å². The van der Waals surface area contributed by atoms with Gasteiger partial charge >= 0.3 is 0 Å². The number of rotatable bonds is 3. The predicted octanol–water partition coefficient (Wildman–Crippen LogP) is 2.40. The minimum atomic E-state index is -0.234. The molecule has 5 heteroatoms. The Morgan fingerprint density at radius 1 is 1.50 bits per heavy atom.